The molecular weight excluding hydrogens is 256 g/mol. The van der Waals surface area contributed by atoms with Crippen LogP contribution in [0.25, 0.3) is 0 Å². The lowest BCUT2D eigenvalue weighted by Crippen LogP contribution is -2.03. The Morgan fingerprint density at radius 1 is 1.33 bits per heavy atom. The van der Waals surface area contributed by atoms with Crippen LogP contribution in [0.15, 0.2) is 35.0 Å². The number of carboxylic acid groups (broad SMARTS) is 1. The first-order chi connectivity index (χ1) is 8.58. The zero-order valence-electron chi connectivity index (χ0n) is 8.99. The molecule has 6 nitrogen and oxygen atoms in total. The highest BCUT2D eigenvalue weighted by atomic mass is 32.1. The minimum atomic E-state index is -1.32. The number of carboxylic acids is 1. The van der Waals surface area contributed by atoms with E-state index in [1.54, 1.807) is 0 Å². The van der Waals surface area contributed by atoms with Crippen molar-refractivity contribution in [2.24, 2.45) is 0 Å². The fourth-order valence-electron chi connectivity index (χ4n) is 1.45. The van der Waals surface area contributed by atoms with Gasteiger partial charge in [-0.1, -0.05) is 0 Å². The molecule has 18 heavy (non-hydrogen) atoms. The third kappa shape index (κ3) is 2.46. The Morgan fingerprint density at radius 3 is 2.67 bits per heavy atom. The maximum atomic E-state index is 11.0. The molecule has 0 atom stereocenters. The number of nitro benzene ring substituents is 1. The molecule has 0 saturated carbocycles. The van der Waals surface area contributed by atoms with Crippen molar-refractivity contribution in [2.45, 2.75) is 0 Å². The molecule has 0 aliphatic heterocycles. The van der Waals surface area contributed by atoms with E-state index in [1.807, 2.05) is 16.8 Å². The normalized spacial score (nSPS) is 10.0. The Kier molecular flexibility index (Phi) is 3.24. The van der Waals surface area contributed by atoms with E-state index in [0.717, 1.165) is 5.69 Å². The van der Waals surface area contributed by atoms with E-state index in [0.29, 0.717) is 5.69 Å². The Labute approximate surface area is 106 Å². The highest BCUT2D eigenvalue weighted by Gasteiger charge is 2.19. The summed E-state index contributed by atoms with van der Waals surface area (Å²) in [7, 11) is 0. The van der Waals surface area contributed by atoms with Crippen LogP contribution in [0.1, 0.15) is 10.4 Å². The minimum Gasteiger partial charge on any atom is -0.477 e. The Balaban J connectivity index is 2.37. The molecule has 0 fully saturated rings. The monoisotopic (exact) mass is 264 g/mol. The molecule has 7 heteroatoms. The smallest absolute Gasteiger partial charge is 0.342 e. The van der Waals surface area contributed by atoms with Crippen LogP contribution in [-0.2, 0) is 0 Å². The number of anilines is 2. The zero-order chi connectivity index (χ0) is 13.1. The van der Waals surface area contributed by atoms with E-state index in [9.17, 15) is 14.9 Å². The highest BCUT2D eigenvalue weighted by Crippen LogP contribution is 2.25. The summed E-state index contributed by atoms with van der Waals surface area (Å²) in [5.41, 5.74) is 0.556. The summed E-state index contributed by atoms with van der Waals surface area (Å²) in [6.45, 7) is 0. The highest BCUT2D eigenvalue weighted by molar-refractivity contribution is 7.08. The summed E-state index contributed by atoms with van der Waals surface area (Å²) < 4.78 is 0. The van der Waals surface area contributed by atoms with E-state index in [4.69, 9.17) is 5.11 Å². The molecule has 0 radical (unpaired) electrons. The molecule has 1 aromatic heterocycles. The van der Waals surface area contributed by atoms with Gasteiger partial charge in [-0.25, -0.2) is 4.79 Å². The average Bonchev–Trinajstić information content (AvgIpc) is 2.81. The second-order valence-corrected chi connectivity index (χ2v) is 4.21. The quantitative estimate of drug-likeness (QED) is 0.653. The van der Waals surface area contributed by atoms with Gasteiger partial charge < -0.3 is 10.4 Å². The second kappa shape index (κ2) is 4.84. The number of thiophene rings is 1. The van der Waals surface area contributed by atoms with Gasteiger partial charge in [-0.3, -0.25) is 10.1 Å². The van der Waals surface area contributed by atoms with Crippen molar-refractivity contribution in [3.63, 3.8) is 0 Å². The standard InChI is InChI=1S/C11H8N2O4S/c14-11(15)9-5-7(1-2-10(9)13(16)17)12-8-3-4-18-6-8/h1-6,12H,(H,14,15). The van der Waals surface area contributed by atoms with Crippen molar-refractivity contribution in [2.75, 3.05) is 5.32 Å². The number of benzene rings is 1. The van der Waals surface area contributed by atoms with Gasteiger partial charge in [-0.15, -0.1) is 0 Å². The van der Waals surface area contributed by atoms with Gasteiger partial charge in [0.1, 0.15) is 5.56 Å². The lowest BCUT2D eigenvalue weighted by Gasteiger charge is -2.05. The molecule has 2 N–H and O–H groups in total. The van der Waals surface area contributed by atoms with Crippen LogP contribution in [-0.4, -0.2) is 16.0 Å². The molecule has 1 aromatic carbocycles. The largest absolute Gasteiger partial charge is 0.477 e. The van der Waals surface area contributed by atoms with Crippen LogP contribution in [0.5, 0.6) is 0 Å². The molecule has 2 rings (SSSR count). The van der Waals surface area contributed by atoms with Crippen molar-refractivity contribution in [3.05, 3.63) is 50.7 Å². The van der Waals surface area contributed by atoms with Gasteiger partial charge in [0.05, 0.1) is 4.92 Å². The summed E-state index contributed by atoms with van der Waals surface area (Å²) in [6.07, 6.45) is 0. The molecule has 0 aliphatic carbocycles. The van der Waals surface area contributed by atoms with Crippen molar-refractivity contribution < 1.29 is 14.8 Å². The second-order valence-electron chi connectivity index (χ2n) is 3.43. The van der Waals surface area contributed by atoms with Gasteiger partial charge in [0.15, 0.2) is 0 Å². The molecule has 0 bridgehead atoms. The lowest BCUT2D eigenvalue weighted by molar-refractivity contribution is -0.385. The van der Waals surface area contributed by atoms with E-state index >= 15 is 0 Å². The van der Waals surface area contributed by atoms with Crippen molar-refractivity contribution in [1.29, 1.82) is 0 Å². The van der Waals surface area contributed by atoms with Gasteiger partial charge in [0.2, 0.25) is 0 Å². The number of hydrogen-bond acceptors (Lipinski definition) is 5. The topological polar surface area (TPSA) is 92.5 Å². The number of carbonyl (C=O) groups is 1. The number of nitrogens with zero attached hydrogens (tertiary/aromatic N) is 1. The SMILES string of the molecule is O=C(O)c1cc(Nc2ccsc2)ccc1[N+](=O)[O-]. The Bertz CT molecular complexity index is 595. The molecule has 92 valence electrons. The fourth-order valence-corrected chi connectivity index (χ4v) is 2.03. The minimum absolute atomic E-state index is 0.333. The Hall–Kier alpha value is -2.41. The van der Waals surface area contributed by atoms with Crippen molar-refractivity contribution in [1.82, 2.24) is 0 Å². The number of nitro groups is 1. The first kappa shape index (κ1) is 12.1. The van der Waals surface area contributed by atoms with E-state index in [-0.39, 0.29) is 5.56 Å². The maximum Gasteiger partial charge on any atom is 0.342 e. The predicted octanol–water partition coefficient (Wildman–Crippen LogP) is 3.10. The van der Waals surface area contributed by atoms with Gasteiger partial charge in [0.25, 0.3) is 5.69 Å². The van der Waals surface area contributed by atoms with E-state index in [1.165, 1.54) is 29.5 Å². The van der Waals surface area contributed by atoms with Gasteiger partial charge in [-0.2, -0.15) is 11.3 Å². The van der Waals surface area contributed by atoms with E-state index in [2.05, 4.69) is 5.32 Å². The number of hydrogen-bond donors (Lipinski definition) is 2. The first-order valence-corrected chi connectivity index (χ1v) is 5.83. The molecule has 0 aliphatic rings. The van der Waals surface area contributed by atoms with Crippen molar-refractivity contribution >= 4 is 34.4 Å². The molecule has 0 saturated heterocycles. The van der Waals surface area contributed by atoms with Crippen LogP contribution >= 0.6 is 11.3 Å². The molecule has 0 amide bonds. The van der Waals surface area contributed by atoms with Crippen LogP contribution in [0.3, 0.4) is 0 Å². The van der Waals surface area contributed by atoms with E-state index < -0.39 is 16.6 Å². The third-order valence-corrected chi connectivity index (χ3v) is 2.92. The molecule has 1 heterocycles. The molecule has 0 spiro atoms. The number of aromatic carboxylic acids is 1. The number of nitrogens with one attached hydrogen (secondary N) is 1. The summed E-state index contributed by atoms with van der Waals surface area (Å²) in [5, 5.41) is 26.3. The first-order valence-electron chi connectivity index (χ1n) is 4.89. The van der Waals surface area contributed by atoms with Crippen LogP contribution in [0.4, 0.5) is 17.1 Å². The fraction of sp³-hybridized carbons (Fsp3) is 0. The van der Waals surface area contributed by atoms with Gasteiger partial charge >= 0.3 is 5.97 Å². The number of rotatable bonds is 4. The summed E-state index contributed by atoms with van der Waals surface area (Å²) in [5.74, 6) is -1.32. The molecule has 0 unspecified atom stereocenters. The zero-order valence-corrected chi connectivity index (χ0v) is 9.81. The third-order valence-electron chi connectivity index (χ3n) is 2.23. The summed E-state index contributed by atoms with van der Waals surface area (Å²) in [4.78, 5) is 20.9. The summed E-state index contributed by atoms with van der Waals surface area (Å²) >= 11 is 1.49. The van der Waals surface area contributed by atoms with Gasteiger partial charge in [0, 0.05) is 22.8 Å². The van der Waals surface area contributed by atoms with Crippen LogP contribution in [0, 0.1) is 10.1 Å². The summed E-state index contributed by atoms with van der Waals surface area (Å²) in [6, 6.07) is 5.73. The maximum absolute atomic E-state index is 11.0. The molecule has 2 aromatic rings. The average molecular weight is 264 g/mol. The predicted molar refractivity (Wildman–Crippen MR) is 67.7 cm³/mol. The van der Waals surface area contributed by atoms with Crippen molar-refractivity contribution in [3.8, 4) is 0 Å². The van der Waals surface area contributed by atoms with Crippen LogP contribution in [0.2, 0.25) is 0 Å². The Morgan fingerprint density at radius 2 is 2.11 bits per heavy atom. The molecular formula is C11H8N2O4S. The lowest BCUT2D eigenvalue weighted by atomic mass is 10.1. The van der Waals surface area contributed by atoms with Gasteiger partial charge in [-0.05, 0) is 23.6 Å². The van der Waals surface area contributed by atoms with Crippen LogP contribution < -0.4 is 5.32 Å².